The van der Waals surface area contributed by atoms with E-state index in [1.807, 2.05) is 19.1 Å². The van der Waals surface area contributed by atoms with Crippen molar-refractivity contribution in [3.8, 4) is 0 Å². The van der Waals surface area contributed by atoms with Crippen LogP contribution in [0.2, 0.25) is 0 Å². The number of halogens is 1. The van der Waals surface area contributed by atoms with Gasteiger partial charge in [-0.1, -0.05) is 6.07 Å². The highest BCUT2D eigenvalue weighted by Crippen LogP contribution is 2.13. The van der Waals surface area contributed by atoms with Gasteiger partial charge in [-0.2, -0.15) is 8.42 Å². The van der Waals surface area contributed by atoms with Crippen LogP contribution in [-0.2, 0) is 10.4 Å². The summed E-state index contributed by atoms with van der Waals surface area (Å²) in [6, 6.07) is 5.51. The molecular weight excluding hydrogens is 243 g/mol. The van der Waals surface area contributed by atoms with Crippen LogP contribution in [0.1, 0.15) is 5.56 Å². The molecule has 0 aromatic heterocycles. The normalized spacial score (nSPS) is 8.94. The Bertz CT molecular complexity index is 401. The second-order valence-corrected chi connectivity index (χ2v) is 3.46. The zero-order chi connectivity index (χ0) is 11.4. The van der Waals surface area contributed by atoms with Crippen LogP contribution in [0.3, 0.4) is 0 Å². The Morgan fingerprint density at radius 2 is 1.56 bits per heavy atom. The molecule has 0 fully saturated rings. The fraction of sp³-hybridized carbons (Fsp3) is 0.143. The quantitative estimate of drug-likeness (QED) is 0.373. The van der Waals surface area contributed by atoms with Gasteiger partial charge in [0.2, 0.25) is 0 Å². The predicted molar refractivity (Wildman–Crippen MR) is 60.3 cm³/mol. The van der Waals surface area contributed by atoms with Gasteiger partial charge in [0.25, 0.3) is 0 Å². The van der Waals surface area contributed by atoms with Crippen molar-refractivity contribution in [3.63, 3.8) is 0 Å². The summed E-state index contributed by atoms with van der Waals surface area (Å²) in [7, 11) is -4.67. The van der Waals surface area contributed by atoms with Crippen LogP contribution >= 0.6 is 0 Å². The molecule has 0 unspecified atom stereocenters. The third kappa shape index (κ3) is 12.6. The molecule has 0 radical (unpaired) electrons. The molecule has 0 saturated carbocycles. The molecule has 0 saturated heterocycles. The number of aryl methyl sites for hydroxylation is 1. The van der Waals surface area contributed by atoms with Crippen LogP contribution in [0.15, 0.2) is 18.2 Å². The molecule has 16 heavy (non-hydrogen) atoms. The largest absolute Gasteiger partial charge is 0.412 e. The van der Waals surface area contributed by atoms with E-state index in [1.165, 1.54) is 0 Å². The molecule has 0 aliphatic carbocycles. The molecule has 1 aromatic rings. The molecule has 0 atom stereocenters. The van der Waals surface area contributed by atoms with E-state index in [0.717, 1.165) is 16.9 Å². The maximum atomic E-state index is 8.74. The maximum absolute atomic E-state index is 8.74. The number of nitrogen functional groups attached to an aromatic ring is 2. The summed E-state index contributed by atoms with van der Waals surface area (Å²) in [5.74, 6) is 0. The number of hydrogen-bond acceptors (Lipinski definition) is 4. The molecule has 1 rings (SSSR count). The second-order valence-electron chi connectivity index (χ2n) is 2.56. The SMILES string of the molecule is Cc1ccc(N)cc1N.F.O.O=S(=O)(O)O. The molecule has 0 aliphatic rings. The molecule has 0 aliphatic heterocycles. The lowest BCUT2D eigenvalue weighted by atomic mass is 10.2. The van der Waals surface area contributed by atoms with Crippen LogP contribution in [-0.4, -0.2) is 23.0 Å². The van der Waals surface area contributed by atoms with E-state index in [9.17, 15) is 0 Å². The Labute approximate surface area is 92.3 Å². The van der Waals surface area contributed by atoms with Crippen LogP contribution in [0.5, 0.6) is 0 Å². The van der Waals surface area contributed by atoms with Crippen LogP contribution in [0, 0.1) is 6.92 Å². The molecule has 0 heterocycles. The average molecular weight is 258 g/mol. The van der Waals surface area contributed by atoms with Gasteiger partial charge in [-0.3, -0.25) is 13.8 Å². The van der Waals surface area contributed by atoms with Gasteiger partial charge in [0.05, 0.1) is 0 Å². The molecule has 1 aromatic carbocycles. The van der Waals surface area contributed by atoms with Crippen LogP contribution in [0.25, 0.3) is 0 Å². The van der Waals surface area contributed by atoms with Crippen LogP contribution in [0.4, 0.5) is 16.1 Å². The third-order valence-electron chi connectivity index (χ3n) is 1.30. The van der Waals surface area contributed by atoms with Gasteiger partial charge >= 0.3 is 10.4 Å². The molecule has 8 N–H and O–H groups in total. The van der Waals surface area contributed by atoms with Crippen molar-refractivity contribution in [3.05, 3.63) is 23.8 Å². The highest BCUT2D eigenvalue weighted by Gasteiger charge is 1.90. The summed E-state index contributed by atoms with van der Waals surface area (Å²) < 4.78 is 31.6. The minimum Gasteiger partial charge on any atom is -0.412 e. The molecule has 7 nitrogen and oxygen atoms in total. The summed E-state index contributed by atoms with van der Waals surface area (Å²) in [5, 5.41) is 0. The van der Waals surface area contributed by atoms with Crippen molar-refractivity contribution < 1.29 is 27.7 Å². The summed E-state index contributed by atoms with van der Waals surface area (Å²) in [6.07, 6.45) is 0. The van der Waals surface area contributed by atoms with Crippen molar-refractivity contribution in [2.24, 2.45) is 0 Å². The topological polar surface area (TPSA) is 158 Å². The van der Waals surface area contributed by atoms with Crippen molar-refractivity contribution in [1.82, 2.24) is 0 Å². The van der Waals surface area contributed by atoms with Crippen molar-refractivity contribution >= 4 is 21.8 Å². The van der Waals surface area contributed by atoms with Crippen molar-refractivity contribution in [2.75, 3.05) is 11.5 Å². The van der Waals surface area contributed by atoms with Gasteiger partial charge < -0.3 is 16.9 Å². The number of hydrogen-bond donors (Lipinski definition) is 4. The number of rotatable bonds is 0. The lowest BCUT2D eigenvalue weighted by Crippen LogP contribution is -1.91. The number of benzene rings is 1. The Balaban J connectivity index is -0.000000214. The lowest BCUT2D eigenvalue weighted by Gasteiger charge is -1.98. The second kappa shape index (κ2) is 7.82. The first-order valence-electron chi connectivity index (χ1n) is 3.51. The molecule has 0 spiro atoms. The minimum atomic E-state index is -4.67. The fourth-order valence-corrected chi connectivity index (χ4v) is 0.659. The molecule has 96 valence electrons. The summed E-state index contributed by atoms with van der Waals surface area (Å²) in [4.78, 5) is 0. The summed E-state index contributed by atoms with van der Waals surface area (Å²) in [5.41, 5.74) is 13.5. The molecule has 9 heteroatoms. The lowest BCUT2D eigenvalue weighted by molar-refractivity contribution is 0.381. The molecule has 0 amide bonds. The summed E-state index contributed by atoms with van der Waals surface area (Å²) >= 11 is 0. The summed E-state index contributed by atoms with van der Waals surface area (Å²) in [6.45, 7) is 1.95. The Morgan fingerprint density at radius 1 is 1.19 bits per heavy atom. The van der Waals surface area contributed by atoms with Gasteiger partial charge in [-0.15, -0.1) is 0 Å². The highest BCUT2D eigenvalue weighted by molar-refractivity contribution is 7.79. The van der Waals surface area contributed by atoms with Gasteiger partial charge in [-0.05, 0) is 24.6 Å². The smallest absolute Gasteiger partial charge is 0.394 e. The van der Waals surface area contributed by atoms with E-state index in [-0.39, 0.29) is 10.2 Å². The van der Waals surface area contributed by atoms with E-state index < -0.39 is 10.4 Å². The highest BCUT2D eigenvalue weighted by atomic mass is 32.3. The van der Waals surface area contributed by atoms with E-state index in [4.69, 9.17) is 29.0 Å². The first-order valence-corrected chi connectivity index (χ1v) is 4.91. The third-order valence-corrected chi connectivity index (χ3v) is 1.30. The zero-order valence-corrected chi connectivity index (χ0v) is 9.23. The van der Waals surface area contributed by atoms with Crippen molar-refractivity contribution in [2.45, 2.75) is 6.92 Å². The van der Waals surface area contributed by atoms with Gasteiger partial charge in [0.1, 0.15) is 0 Å². The van der Waals surface area contributed by atoms with Gasteiger partial charge in [-0.25, -0.2) is 0 Å². The molecule has 0 bridgehead atoms. The van der Waals surface area contributed by atoms with E-state index in [1.54, 1.807) is 6.07 Å². The van der Waals surface area contributed by atoms with Gasteiger partial charge in [0.15, 0.2) is 0 Å². The van der Waals surface area contributed by atoms with E-state index >= 15 is 0 Å². The first-order chi connectivity index (χ1) is 6.20. The molecular formula is C7H15FN2O5S. The van der Waals surface area contributed by atoms with E-state index in [2.05, 4.69) is 0 Å². The maximum Gasteiger partial charge on any atom is 0.394 e. The first kappa shape index (κ1) is 20.1. The predicted octanol–water partition coefficient (Wildman–Crippen LogP) is -0.166. The number of nitrogens with two attached hydrogens (primary N) is 2. The minimum absolute atomic E-state index is 0. The van der Waals surface area contributed by atoms with E-state index in [0.29, 0.717) is 0 Å². The average Bonchev–Trinajstić information content (AvgIpc) is 1.94. The van der Waals surface area contributed by atoms with Crippen LogP contribution < -0.4 is 11.5 Å². The Hall–Kier alpha value is -1.42. The van der Waals surface area contributed by atoms with Crippen molar-refractivity contribution in [1.29, 1.82) is 0 Å². The Morgan fingerprint density at radius 3 is 1.81 bits per heavy atom. The standard InChI is InChI=1S/C7H10N2.FH.H2O4S.H2O/c1-5-2-3-6(8)4-7(5)9;;1-5(2,3)4;/h2-4H,8-9H2,1H3;1H;(H2,1,2,3,4);1H2. The Kier molecular flexibility index (Phi) is 9.80. The number of anilines is 2. The fourth-order valence-electron chi connectivity index (χ4n) is 0.659. The zero-order valence-electron chi connectivity index (χ0n) is 8.41. The monoisotopic (exact) mass is 258 g/mol. The van der Waals surface area contributed by atoms with Gasteiger partial charge in [0, 0.05) is 11.4 Å².